The second-order valence-corrected chi connectivity index (χ2v) is 10.5. The number of para-hydroxylation sites is 1. The lowest BCUT2D eigenvalue weighted by molar-refractivity contribution is -0.132. The van der Waals surface area contributed by atoms with Gasteiger partial charge in [0.1, 0.15) is 17.6 Å². The van der Waals surface area contributed by atoms with Crippen LogP contribution >= 0.6 is 0 Å². The molecule has 10 nitrogen and oxygen atoms in total. The number of amides is 3. The first-order valence-corrected chi connectivity index (χ1v) is 13.4. The Balaban J connectivity index is 1.23. The van der Waals surface area contributed by atoms with Crippen molar-refractivity contribution in [3.8, 4) is 11.5 Å². The van der Waals surface area contributed by atoms with Crippen LogP contribution in [0.25, 0.3) is 0 Å². The van der Waals surface area contributed by atoms with Crippen molar-refractivity contribution in [3.63, 3.8) is 0 Å². The van der Waals surface area contributed by atoms with Crippen LogP contribution in [0.1, 0.15) is 34.3 Å². The van der Waals surface area contributed by atoms with Crippen molar-refractivity contribution in [1.82, 2.24) is 4.90 Å². The third-order valence-electron chi connectivity index (χ3n) is 7.67. The van der Waals surface area contributed by atoms with E-state index >= 15 is 0 Å². The first kappa shape index (κ1) is 28.0. The molecule has 1 heterocycles. The molecular weight excluding hydrogens is 524 g/mol. The van der Waals surface area contributed by atoms with E-state index in [0.717, 1.165) is 11.1 Å². The van der Waals surface area contributed by atoms with Crippen LogP contribution in [0.5, 0.6) is 11.5 Å². The summed E-state index contributed by atoms with van der Waals surface area (Å²) in [5, 5.41) is 5.65. The largest absolute Gasteiger partial charge is 0.495 e. The summed E-state index contributed by atoms with van der Waals surface area (Å²) in [6.45, 7) is 2.37. The lowest BCUT2D eigenvalue weighted by Crippen LogP contribution is -2.41. The number of methoxy groups -OCH3 is 2. The number of aryl methyl sites for hydroxylation is 1. The average molecular weight is 559 g/mol. The Labute approximate surface area is 238 Å². The number of carbonyl (C=O) groups is 3. The highest BCUT2D eigenvalue weighted by Crippen LogP contribution is 2.51. The topological polar surface area (TPSA) is 132 Å². The molecule has 3 aromatic carbocycles. The summed E-state index contributed by atoms with van der Waals surface area (Å²) in [5.74, 6) is 0.604. The fourth-order valence-corrected chi connectivity index (χ4v) is 5.47. The number of ether oxygens (including phenoxy) is 3. The van der Waals surface area contributed by atoms with Crippen LogP contribution < -0.4 is 25.8 Å². The van der Waals surface area contributed by atoms with Crippen molar-refractivity contribution in [3.05, 3.63) is 83.4 Å². The number of carbonyl (C=O) groups excluding carboxylic acids is 3. The van der Waals surface area contributed by atoms with Crippen LogP contribution in [-0.4, -0.2) is 61.3 Å². The van der Waals surface area contributed by atoms with Gasteiger partial charge in [-0.3, -0.25) is 4.79 Å². The molecule has 4 N–H and O–H groups in total. The highest BCUT2D eigenvalue weighted by atomic mass is 16.5. The van der Waals surface area contributed by atoms with Gasteiger partial charge in [0.15, 0.2) is 0 Å². The quantitative estimate of drug-likeness (QED) is 0.354. The monoisotopic (exact) mass is 558 g/mol. The molecule has 3 atom stereocenters. The number of hydrogen-bond donors (Lipinski definition) is 3. The maximum Gasteiger partial charge on any atom is 0.337 e. The van der Waals surface area contributed by atoms with Gasteiger partial charge in [-0.1, -0.05) is 24.3 Å². The number of esters is 1. The molecule has 1 saturated carbocycles. The fraction of sp³-hybridized carbons (Fsp3) is 0.323. The van der Waals surface area contributed by atoms with Crippen molar-refractivity contribution in [2.45, 2.75) is 43.9 Å². The highest BCUT2D eigenvalue weighted by Gasteiger charge is 2.65. The van der Waals surface area contributed by atoms with Crippen LogP contribution in [0.4, 0.5) is 16.2 Å². The zero-order valence-electron chi connectivity index (χ0n) is 23.3. The van der Waals surface area contributed by atoms with E-state index < -0.39 is 17.5 Å². The minimum absolute atomic E-state index is 0.0508. The van der Waals surface area contributed by atoms with Gasteiger partial charge in [-0.2, -0.15) is 0 Å². The number of rotatable bonds is 8. The Bertz CT molecular complexity index is 1460. The molecule has 2 fully saturated rings. The minimum atomic E-state index is -0.448. The van der Waals surface area contributed by atoms with Crippen LogP contribution in [0, 0.1) is 6.92 Å². The summed E-state index contributed by atoms with van der Waals surface area (Å²) < 4.78 is 16.4. The summed E-state index contributed by atoms with van der Waals surface area (Å²) in [6.07, 6.45) is 1.32. The van der Waals surface area contributed by atoms with E-state index in [0.29, 0.717) is 47.8 Å². The first-order valence-electron chi connectivity index (χ1n) is 13.4. The van der Waals surface area contributed by atoms with Crippen LogP contribution in [0.15, 0.2) is 66.7 Å². The number of nitrogens with one attached hydrogen (secondary N) is 2. The first-order chi connectivity index (χ1) is 19.7. The van der Waals surface area contributed by atoms with E-state index in [-0.39, 0.29) is 24.5 Å². The molecule has 10 heteroatoms. The molecule has 0 bridgehead atoms. The molecule has 0 aromatic heterocycles. The SMILES string of the molecule is COC(=O)c1ccc(O[C@H]2CC23C[C@@H](N)CN3C(=O)Cc2ccc(NC(=O)Nc3ccccc3C)c(OC)c2)cc1. The van der Waals surface area contributed by atoms with Crippen molar-refractivity contribution in [2.75, 3.05) is 31.4 Å². The number of benzene rings is 3. The molecule has 5 rings (SSSR count). The number of urea groups is 1. The van der Waals surface area contributed by atoms with Crippen molar-refractivity contribution in [1.29, 1.82) is 0 Å². The molecule has 2 aliphatic rings. The molecule has 1 spiro atoms. The van der Waals surface area contributed by atoms with E-state index in [9.17, 15) is 14.4 Å². The zero-order valence-corrected chi connectivity index (χ0v) is 23.3. The molecule has 214 valence electrons. The van der Waals surface area contributed by atoms with Gasteiger partial charge in [-0.25, -0.2) is 9.59 Å². The summed E-state index contributed by atoms with van der Waals surface area (Å²) in [7, 11) is 2.85. The molecule has 3 amide bonds. The summed E-state index contributed by atoms with van der Waals surface area (Å²) >= 11 is 0. The third kappa shape index (κ3) is 5.97. The Kier molecular flexibility index (Phi) is 7.85. The van der Waals surface area contributed by atoms with Gasteiger partial charge in [-0.15, -0.1) is 0 Å². The molecule has 41 heavy (non-hydrogen) atoms. The predicted molar refractivity (Wildman–Crippen MR) is 154 cm³/mol. The zero-order chi connectivity index (χ0) is 29.1. The standard InChI is InChI=1S/C31H34N4O6/c1-19-6-4-5-7-24(19)33-30(38)34-25-13-8-20(14-26(25)39-2)15-28(36)35-18-22(32)16-31(35)17-27(31)41-23-11-9-21(10-12-23)29(37)40-3/h4-14,22,27H,15-18,32H2,1-3H3,(H2,33,34,38)/t22-,27+,31?/m1/s1. The Morgan fingerprint density at radius 2 is 1.71 bits per heavy atom. The van der Waals surface area contributed by atoms with E-state index in [4.69, 9.17) is 19.9 Å². The lowest BCUT2D eigenvalue weighted by atomic mass is 10.1. The van der Waals surface area contributed by atoms with E-state index in [1.165, 1.54) is 14.2 Å². The minimum Gasteiger partial charge on any atom is -0.495 e. The van der Waals surface area contributed by atoms with Gasteiger partial charge in [0.2, 0.25) is 5.91 Å². The van der Waals surface area contributed by atoms with Gasteiger partial charge in [-0.05, 0) is 66.9 Å². The van der Waals surface area contributed by atoms with Gasteiger partial charge >= 0.3 is 12.0 Å². The van der Waals surface area contributed by atoms with E-state index in [2.05, 4.69) is 10.6 Å². The highest BCUT2D eigenvalue weighted by molar-refractivity contribution is 6.01. The van der Waals surface area contributed by atoms with Gasteiger partial charge in [0.25, 0.3) is 0 Å². The van der Waals surface area contributed by atoms with Crippen LogP contribution in [-0.2, 0) is 16.0 Å². The third-order valence-corrected chi connectivity index (χ3v) is 7.67. The smallest absolute Gasteiger partial charge is 0.337 e. The van der Waals surface area contributed by atoms with Gasteiger partial charge < -0.3 is 35.5 Å². The molecule has 0 radical (unpaired) electrons. The molecule has 1 unspecified atom stereocenters. The van der Waals surface area contributed by atoms with Crippen molar-refractivity contribution < 1.29 is 28.6 Å². The van der Waals surface area contributed by atoms with E-state index in [1.807, 2.05) is 36.1 Å². The second kappa shape index (κ2) is 11.5. The molecular formula is C31H34N4O6. The number of anilines is 2. The van der Waals surface area contributed by atoms with Crippen molar-refractivity contribution in [2.24, 2.45) is 5.73 Å². The normalized spacial score (nSPS) is 20.8. The van der Waals surface area contributed by atoms with Crippen LogP contribution in [0.2, 0.25) is 0 Å². The number of likely N-dealkylation sites (tertiary alicyclic amines) is 1. The summed E-state index contributed by atoms with van der Waals surface area (Å²) in [5.41, 5.74) is 9.20. The van der Waals surface area contributed by atoms with Gasteiger partial charge in [0.05, 0.1) is 37.4 Å². The maximum absolute atomic E-state index is 13.5. The Morgan fingerprint density at radius 1 is 0.976 bits per heavy atom. The number of nitrogens with zero attached hydrogens (tertiary/aromatic N) is 1. The van der Waals surface area contributed by atoms with Gasteiger partial charge in [0, 0.05) is 24.7 Å². The lowest BCUT2D eigenvalue weighted by Gasteiger charge is -2.25. The Morgan fingerprint density at radius 3 is 2.41 bits per heavy atom. The number of hydrogen-bond acceptors (Lipinski definition) is 7. The average Bonchev–Trinajstić information content (AvgIpc) is 3.52. The summed E-state index contributed by atoms with van der Waals surface area (Å²) in [6, 6.07) is 19.0. The number of nitrogens with two attached hydrogens (primary N) is 1. The molecule has 3 aromatic rings. The maximum atomic E-state index is 13.5. The predicted octanol–water partition coefficient (Wildman–Crippen LogP) is 4.13. The fourth-order valence-electron chi connectivity index (χ4n) is 5.47. The van der Waals surface area contributed by atoms with Crippen molar-refractivity contribution >= 4 is 29.3 Å². The molecule has 1 aliphatic carbocycles. The molecule has 1 saturated heterocycles. The second-order valence-electron chi connectivity index (χ2n) is 10.5. The van der Waals surface area contributed by atoms with Crippen LogP contribution in [0.3, 0.4) is 0 Å². The molecule has 1 aliphatic heterocycles. The van der Waals surface area contributed by atoms with E-state index in [1.54, 1.807) is 42.5 Å². The Hall–Kier alpha value is -4.57. The summed E-state index contributed by atoms with van der Waals surface area (Å²) in [4.78, 5) is 39.6.